The van der Waals surface area contributed by atoms with E-state index in [0.29, 0.717) is 10.9 Å². The van der Waals surface area contributed by atoms with Crippen molar-refractivity contribution >= 4 is 41.5 Å². The Morgan fingerprint density at radius 3 is 2.04 bits per heavy atom. The molecular weight excluding hydrogens is 326 g/mol. The van der Waals surface area contributed by atoms with E-state index in [2.05, 4.69) is 0 Å². The highest BCUT2D eigenvalue weighted by Crippen LogP contribution is 2.14. The zero-order valence-electron chi connectivity index (χ0n) is 13.1. The summed E-state index contributed by atoms with van der Waals surface area (Å²) in [5.41, 5.74) is 1.89. The van der Waals surface area contributed by atoms with Gasteiger partial charge in [0.15, 0.2) is 15.6 Å². The second kappa shape index (κ2) is 7.79. The minimum absolute atomic E-state index is 0.183. The topological polar surface area (TPSA) is 91.7 Å². The van der Waals surface area contributed by atoms with Crippen molar-refractivity contribution in [2.45, 2.75) is 18.2 Å². The van der Waals surface area contributed by atoms with Crippen molar-refractivity contribution in [2.24, 2.45) is 0 Å². The normalized spacial score (nSPS) is 11.1. The highest BCUT2D eigenvalue weighted by Gasteiger charge is 2.18. The van der Waals surface area contributed by atoms with Crippen molar-refractivity contribution in [1.82, 2.24) is 0 Å². The summed E-state index contributed by atoms with van der Waals surface area (Å²) < 4.78 is 24.6. The summed E-state index contributed by atoms with van der Waals surface area (Å²) >= 11 is 0. The maximum absolute atomic E-state index is 12.3. The Morgan fingerprint density at radius 1 is 1.00 bits per heavy atom. The SMILES string of the molecule is Cc1ccc(S(=O)(=O)CCC(=O)c2cc([B]O)cc([B]O)c2)cc1. The predicted molar refractivity (Wildman–Crippen MR) is 93.8 cm³/mol. The van der Waals surface area contributed by atoms with Crippen molar-refractivity contribution in [2.75, 3.05) is 5.75 Å². The fraction of sp³-hybridized carbons (Fsp3) is 0.188. The lowest BCUT2D eigenvalue weighted by Crippen LogP contribution is -2.26. The molecule has 24 heavy (non-hydrogen) atoms. The number of Topliss-reactive ketones (excluding diaryl/α,β-unsaturated/α-hetero) is 1. The number of hydrogen-bond acceptors (Lipinski definition) is 5. The van der Waals surface area contributed by atoms with E-state index in [-0.39, 0.29) is 28.4 Å². The van der Waals surface area contributed by atoms with E-state index in [0.717, 1.165) is 20.5 Å². The summed E-state index contributed by atoms with van der Waals surface area (Å²) in [5.74, 6) is -0.683. The highest BCUT2D eigenvalue weighted by molar-refractivity contribution is 7.91. The molecule has 2 rings (SSSR count). The van der Waals surface area contributed by atoms with Gasteiger partial charge in [0.1, 0.15) is 0 Å². The number of aryl methyl sites for hydroxylation is 1. The molecule has 2 radical (unpaired) electrons. The molecule has 5 nitrogen and oxygen atoms in total. The fourth-order valence-electron chi connectivity index (χ4n) is 2.22. The second-order valence-corrected chi connectivity index (χ2v) is 7.56. The molecule has 122 valence electrons. The van der Waals surface area contributed by atoms with Crippen LogP contribution < -0.4 is 10.9 Å². The number of sulfone groups is 1. The molecule has 0 bridgehead atoms. The monoisotopic (exact) mass is 342 g/mol. The summed E-state index contributed by atoms with van der Waals surface area (Å²) in [5, 5.41) is 18.1. The van der Waals surface area contributed by atoms with Crippen LogP contribution in [-0.2, 0) is 9.84 Å². The zero-order chi connectivity index (χ0) is 17.7. The first-order valence-electron chi connectivity index (χ1n) is 7.28. The molecule has 0 atom stereocenters. The van der Waals surface area contributed by atoms with Gasteiger partial charge in [-0.05, 0) is 19.1 Å². The molecular formula is C16H16B2O5S. The minimum Gasteiger partial charge on any atom is -0.450 e. The van der Waals surface area contributed by atoms with E-state index < -0.39 is 9.84 Å². The van der Waals surface area contributed by atoms with E-state index in [9.17, 15) is 13.2 Å². The fourth-order valence-corrected chi connectivity index (χ4v) is 3.46. The van der Waals surface area contributed by atoms with E-state index >= 15 is 0 Å². The Bertz CT molecular complexity index is 810. The Hall–Kier alpha value is -1.89. The van der Waals surface area contributed by atoms with Gasteiger partial charge in [-0.3, -0.25) is 4.79 Å². The molecule has 2 aromatic carbocycles. The van der Waals surface area contributed by atoms with Gasteiger partial charge in [0.25, 0.3) is 0 Å². The minimum atomic E-state index is -3.55. The third kappa shape index (κ3) is 4.56. The largest absolute Gasteiger partial charge is 0.450 e. The van der Waals surface area contributed by atoms with E-state index in [1.807, 2.05) is 6.92 Å². The first kappa shape index (κ1) is 18.4. The van der Waals surface area contributed by atoms with E-state index in [4.69, 9.17) is 10.0 Å². The zero-order valence-corrected chi connectivity index (χ0v) is 14.0. The Labute approximate surface area is 142 Å². The predicted octanol–water partition coefficient (Wildman–Crippen LogP) is -0.485. The van der Waals surface area contributed by atoms with Gasteiger partial charge < -0.3 is 10.0 Å². The van der Waals surface area contributed by atoms with Gasteiger partial charge >= 0.3 is 15.0 Å². The Morgan fingerprint density at radius 2 is 1.54 bits per heavy atom. The number of hydrogen-bond donors (Lipinski definition) is 2. The summed E-state index contributed by atoms with van der Waals surface area (Å²) in [4.78, 5) is 12.4. The van der Waals surface area contributed by atoms with Crippen LogP contribution in [0.2, 0.25) is 0 Å². The average Bonchev–Trinajstić information content (AvgIpc) is 2.59. The molecule has 0 heterocycles. The molecule has 0 aliphatic heterocycles. The summed E-state index contributed by atoms with van der Waals surface area (Å²) in [6, 6.07) is 10.8. The van der Waals surface area contributed by atoms with Crippen LogP contribution in [0.15, 0.2) is 47.4 Å². The van der Waals surface area contributed by atoms with Gasteiger partial charge in [0.05, 0.1) is 10.6 Å². The molecule has 0 unspecified atom stereocenters. The summed E-state index contributed by atoms with van der Waals surface area (Å²) in [6.07, 6.45) is -0.185. The molecule has 0 saturated heterocycles. The lowest BCUT2D eigenvalue weighted by atomic mass is 9.78. The molecule has 0 aliphatic rings. The van der Waals surface area contributed by atoms with Gasteiger partial charge in [0, 0.05) is 12.0 Å². The lowest BCUT2D eigenvalue weighted by molar-refractivity contribution is 0.0989. The number of carbonyl (C=O) groups excluding carboxylic acids is 1. The van der Waals surface area contributed by atoms with Crippen LogP contribution in [0.3, 0.4) is 0 Å². The van der Waals surface area contributed by atoms with Crippen LogP contribution in [-0.4, -0.2) is 45.0 Å². The van der Waals surface area contributed by atoms with Gasteiger partial charge in [0.2, 0.25) is 0 Å². The molecule has 0 spiro atoms. The molecule has 0 aromatic heterocycles. The van der Waals surface area contributed by atoms with Crippen molar-refractivity contribution in [1.29, 1.82) is 0 Å². The first-order chi connectivity index (χ1) is 11.4. The number of carbonyl (C=O) groups is 1. The Balaban J connectivity index is 2.14. The lowest BCUT2D eigenvalue weighted by Gasteiger charge is -2.07. The molecule has 2 N–H and O–H groups in total. The van der Waals surface area contributed by atoms with Crippen LogP contribution in [0.5, 0.6) is 0 Å². The van der Waals surface area contributed by atoms with Gasteiger partial charge in [-0.25, -0.2) is 8.42 Å². The van der Waals surface area contributed by atoms with Crippen molar-refractivity contribution in [3.63, 3.8) is 0 Å². The Kier molecular flexibility index (Phi) is 5.99. The highest BCUT2D eigenvalue weighted by atomic mass is 32.2. The van der Waals surface area contributed by atoms with E-state index in [1.165, 1.54) is 30.3 Å². The molecule has 0 aliphatic carbocycles. The van der Waals surface area contributed by atoms with E-state index in [1.54, 1.807) is 12.1 Å². The van der Waals surface area contributed by atoms with Gasteiger partial charge in [-0.2, -0.15) is 0 Å². The standard InChI is InChI=1S/C16H16B2O5S/c1-11-2-4-15(5-3-11)24(22,23)7-6-16(19)12-8-13(17-20)10-14(9-12)18-21/h2-5,8-10,20-21H,6-7H2,1H3. The molecule has 0 fully saturated rings. The second-order valence-electron chi connectivity index (χ2n) is 5.45. The average molecular weight is 342 g/mol. The number of benzene rings is 2. The third-order valence-electron chi connectivity index (χ3n) is 3.58. The smallest absolute Gasteiger partial charge is 0.326 e. The summed E-state index contributed by atoms with van der Waals surface area (Å²) in [6.45, 7) is 1.86. The molecule has 0 amide bonds. The van der Waals surface area contributed by atoms with Crippen molar-refractivity contribution in [3.05, 3.63) is 53.6 Å². The van der Waals surface area contributed by atoms with Crippen molar-refractivity contribution in [3.8, 4) is 0 Å². The third-order valence-corrected chi connectivity index (χ3v) is 5.31. The van der Waals surface area contributed by atoms with Crippen LogP contribution in [0.4, 0.5) is 0 Å². The van der Waals surface area contributed by atoms with Crippen LogP contribution in [0.1, 0.15) is 22.3 Å². The van der Waals surface area contributed by atoms with Gasteiger partial charge in [-0.15, -0.1) is 0 Å². The molecule has 2 aromatic rings. The first-order valence-corrected chi connectivity index (χ1v) is 8.93. The molecule has 0 saturated carbocycles. The van der Waals surface area contributed by atoms with Crippen LogP contribution in [0.25, 0.3) is 0 Å². The number of rotatable bonds is 7. The quantitative estimate of drug-likeness (QED) is 0.524. The molecule has 8 heteroatoms. The number of ketones is 1. The maximum Gasteiger partial charge on any atom is 0.326 e. The van der Waals surface area contributed by atoms with Crippen molar-refractivity contribution < 1.29 is 23.3 Å². The summed E-state index contributed by atoms with van der Waals surface area (Å²) in [7, 11) is -1.92. The van der Waals surface area contributed by atoms with Crippen LogP contribution >= 0.6 is 0 Å². The maximum atomic E-state index is 12.3. The van der Waals surface area contributed by atoms with Gasteiger partial charge in [-0.1, -0.05) is 46.8 Å². The van der Waals surface area contributed by atoms with Crippen LogP contribution in [0, 0.1) is 6.92 Å².